The summed E-state index contributed by atoms with van der Waals surface area (Å²) >= 11 is 1.33. The van der Waals surface area contributed by atoms with E-state index in [0.29, 0.717) is 0 Å². The second-order valence-electron chi connectivity index (χ2n) is 4.15. The van der Waals surface area contributed by atoms with Crippen LogP contribution in [0, 0.1) is 5.82 Å². The van der Waals surface area contributed by atoms with E-state index in [2.05, 4.69) is 5.32 Å². The van der Waals surface area contributed by atoms with Crippen LogP contribution in [0.2, 0.25) is 0 Å². The van der Waals surface area contributed by atoms with Crippen molar-refractivity contribution in [1.29, 1.82) is 0 Å². The molecule has 0 aromatic heterocycles. The number of rotatable bonds is 5. The van der Waals surface area contributed by atoms with Crippen molar-refractivity contribution in [1.82, 2.24) is 0 Å². The highest BCUT2D eigenvalue weighted by atomic mass is 32.2. The second-order valence-corrected chi connectivity index (χ2v) is 5.20. The molecule has 0 aliphatic rings. The highest BCUT2D eigenvalue weighted by Crippen LogP contribution is 2.19. The van der Waals surface area contributed by atoms with E-state index in [1.807, 2.05) is 30.3 Å². The molecule has 0 saturated carbocycles. The number of benzene rings is 2. The molecule has 2 aromatic rings. The van der Waals surface area contributed by atoms with Crippen molar-refractivity contribution >= 4 is 29.3 Å². The van der Waals surface area contributed by atoms with Crippen molar-refractivity contribution in [2.24, 2.45) is 0 Å². The molecule has 2 aromatic carbocycles. The van der Waals surface area contributed by atoms with Crippen LogP contribution in [0.4, 0.5) is 10.1 Å². The summed E-state index contributed by atoms with van der Waals surface area (Å²) < 4.78 is 13.6. The molecule has 2 N–H and O–H groups in total. The van der Waals surface area contributed by atoms with Crippen LogP contribution in [-0.4, -0.2) is 22.7 Å². The number of carboxylic acids is 1. The van der Waals surface area contributed by atoms with Gasteiger partial charge in [-0.3, -0.25) is 4.79 Å². The molecule has 0 saturated heterocycles. The van der Waals surface area contributed by atoms with Crippen LogP contribution in [0.25, 0.3) is 0 Å². The van der Waals surface area contributed by atoms with E-state index < -0.39 is 11.8 Å². The molecule has 0 radical (unpaired) electrons. The molecular weight excluding hydrogens is 293 g/mol. The first-order valence-electron chi connectivity index (χ1n) is 6.07. The van der Waals surface area contributed by atoms with Gasteiger partial charge >= 0.3 is 5.97 Å². The first-order chi connectivity index (χ1) is 10.1. The molecule has 6 heteroatoms. The molecule has 1 amide bonds. The Balaban J connectivity index is 1.95. The lowest BCUT2D eigenvalue weighted by molar-refractivity contribution is -0.113. The minimum absolute atomic E-state index is 0.0290. The molecule has 0 aliphatic heterocycles. The molecule has 21 heavy (non-hydrogen) atoms. The number of hydrogen-bond acceptors (Lipinski definition) is 3. The fourth-order valence-corrected chi connectivity index (χ4v) is 2.32. The average molecular weight is 305 g/mol. The van der Waals surface area contributed by atoms with Crippen LogP contribution in [0.1, 0.15) is 10.4 Å². The van der Waals surface area contributed by atoms with Crippen LogP contribution < -0.4 is 5.32 Å². The number of halogens is 1. The van der Waals surface area contributed by atoms with Gasteiger partial charge in [0.25, 0.3) is 0 Å². The first kappa shape index (κ1) is 15.1. The lowest BCUT2D eigenvalue weighted by Gasteiger charge is -2.07. The second kappa shape index (κ2) is 6.90. The Bertz CT molecular complexity index is 661. The Morgan fingerprint density at radius 3 is 2.48 bits per heavy atom. The van der Waals surface area contributed by atoms with Crippen LogP contribution >= 0.6 is 11.8 Å². The molecule has 0 heterocycles. The largest absolute Gasteiger partial charge is 0.478 e. The van der Waals surface area contributed by atoms with Crippen molar-refractivity contribution in [2.75, 3.05) is 11.1 Å². The van der Waals surface area contributed by atoms with Crippen LogP contribution in [0.5, 0.6) is 0 Å². The number of carbonyl (C=O) groups excluding carboxylic acids is 1. The Morgan fingerprint density at radius 2 is 1.86 bits per heavy atom. The quantitative estimate of drug-likeness (QED) is 0.832. The van der Waals surface area contributed by atoms with Crippen LogP contribution in [0.3, 0.4) is 0 Å². The molecule has 0 aliphatic carbocycles. The lowest BCUT2D eigenvalue weighted by Crippen LogP contribution is -2.15. The summed E-state index contributed by atoms with van der Waals surface area (Å²) in [5.74, 6) is -2.20. The van der Waals surface area contributed by atoms with Crippen molar-refractivity contribution in [2.45, 2.75) is 4.90 Å². The van der Waals surface area contributed by atoms with Gasteiger partial charge in [0.05, 0.1) is 17.0 Å². The summed E-state index contributed by atoms with van der Waals surface area (Å²) in [4.78, 5) is 23.4. The highest BCUT2D eigenvalue weighted by molar-refractivity contribution is 8.00. The third-order valence-corrected chi connectivity index (χ3v) is 3.62. The van der Waals surface area contributed by atoms with E-state index in [0.717, 1.165) is 11.0 Å². The van der Waals surface area contributed by atoms with Crippen molar-refractivity contribution < 1.29 is 19.1 Å². The minimum Gasteiger partial charge on any atom is -0.478 e. The maximum absolute atomic E-state index is 13.6. The number of thioether (sulfide) groups is 1. The Kier molecular flexibility index (Phi) is 4.94. The van der Waals surface area contributed by atoms with Gasteiger partial charge in [0, 0.05) is 4.90 Å². The number of aromatic carboxylic acids is 1. The van der Waals surface area contributed by atoms with Gasteiger partial charge in [-0.25, -0.2) is 9.18 Å². The van der Waals surface area contributed by atoms with Gasteiger partial charge in [0.2, 0.25) is 5.91 Å². The number of hydrogen-bond donors (Lipinski definition) is 2. The monoisotopic (exact) mass is 305 g/mol. The van der Waals surface area contributed by atoms with Gasteiger partial charge in [-0.05, 0) is 30.3 Å². The maximum Gasteiger partial charge on any atom is 0.335 e. The maximum atomic E-state index is 13.6. The fraction of sp³-hybridized carbons (Fsp3) is 0.0667. The van der Waals surface area contributed by atoms with Gasteiger partial charge in [-0.1, -0.05) is 18.2 Å². The SMILES string of the molecule is O=C(CSc1ccccc1)Nc1ccc(C(=O)O)cc1F. The van der Waals surface area contributed by atoms with Gasteiger partial charge in [-0.15, -0.1) is 11.8 Å². The van der Waals surface area contributed by atoms with Gasteiger partial charge in [-0.2, -0.15) is 0 Å². The Labute approximate surface area is 125 Å². The molecule has 0 unspecified atom stereocenters. The minimum atomic E-state index is -1.22. The normalized spacial score (nSPS) is 10.1. The third kappa shape index (κ3) is 4.32. The topological polar surface area (TPSA) is 66.4 Å². The summed E-state index contributed by atoms with van der Waals surface area (Å²) in [6.45, 7) is 0. The molecule has 4 nitrogen and oxygen atoms in total. The summed E-state index contributed by atoms with van der Waals surface area (Å²) in [6.07, 6.45) is 0. The molecular formula is C15H12FNO3S. The molecule has 108 valence electrons. The Hall–Kier alpha value is -2.34. The molecule has 2 rings (SSSR count). The molecule has 0 spiro atoms. The van der Waals surface area contributed by atoms with E-state index >= 15 is 0 Å². The number of carbonyl (C=O) groups is 2. The van der Waals surface area contributed by atoms with Crippen LogP contribution in [-0.2, 0) is 4.79 Å². The summed E-state index contributed by atoms with van der Waals surface area (Å²) in [5.41, 5.74) is -0.192. The van der Waals surface area contributed by atoms with Gasteiger partial charge < -0.3 is 10.4 Å². The van der Waals surface area contributed by atoms with Crippen LogP contribution in [0.15, 0.2) is 53.4 Å². The first-order valence-corrected chi connectivity index (χ1v) is 7.05. The predicted octanol–water partition coefficient (Wildman–Crippen LogP) is 3.25. The number of nitrogens with one attached hydrogen (secondary N) is 1. The van der Waals surface area contributed by atoms with Crippen molar-refractivity contribution in [3.8, 4) is 0 Å². The van der Waals surface area contributed by atoms with E-state index in [9.17, 15) is 14.0 Å². The van der Waals surface area contributed by atoms with Crippen molar-refractivity contribution in [3.05, 3.63) is 59.9 Å². The third-order valence-electron chi connectivity index (χ3n) is 2.60. The molecule has 0 atom stereocenters. The number of anilines is 1. The smallest absolute Gasteiger partial charge is 0.335 e. The van der Waals surface area contributed by atoms with Gasteiger partial charge in [0.15, 0.2) is 0 Å². The number of amides is 1. The van der Waals surface area contributed by atoms with E-state index in [1.165, 1.54) is 23.9 Å². The lowest BCUT2D eigenvalue weighted by atomic mass is 10.2. The Morgan fingerprint density at radius 1 is 1.14 bits per heavy atom. The summed E-state index contributed by atoms with van der Waals surface area (Å²) in [6, 6.07) is 12.7. The van der Waals surface area contributed by atoms with E-state index in [1.54, 1.807) is 0 Å². The standard InChI is InChI=1S/C15H12FNO3S/c16-12-8-10(15(19)20)6-7-13(12)17-14(18)9-21-11-4-2-1-3-5-11/h1-8H,9H2,(H,17,18)(H,19,20). The number of carboxylic acid groups (broad SMARTS) is 1. The predicted molar refractivity (Wildman–Crippen MR) is 79.2 cm³/mol. The highest BCUT2D eigenvalue weighted by Gasteiger charge is 2.11. The molecule has 0 fully saturated rings. The summed E-state index contributed by atoms with van der Waals surface area (Å²) in [5, 5.41) is 11.2. The van der Waals surface area contributed by atoms with E-state index in [4.69, 9.17) is 5.11 Å². The average Bonchev–Trinajstić information content (AvgIpc) is 2.48. The zero-order chi connectivity index (χ0) is 15.2. The zero-order valence-electron chi connectivity index (χ0n) is 10.9. The zero-order valence-corrected chi connectivity index (χ0v) is 11.7. The van der Waals surface area contributed by atoms with E-state index in [-0.39, 0.29) is 22.9 Å². The summed E-state index contributed by atoms with van der Waals surface area (Å²) in [7, 11) is 0. The molecule has 0 bridgehead atoms. The van der Waals surface area contributed by atoms with Gasteiger partial charge in [0.1, 0.15) is 5.82 Å². The fourth-order valence-electron chi connectivity index (χ4n) is 1.60. The van der Waals surface area contributed by atoms with Crippen molar-refractivity contribution in [3.63, 3.8) is 0 Å².